The zero-order valence-electron chi connectivity index (χ0n) is 17.5. The fourth-order valence-electron chi connectivity index (χ4n) is 3.69. The lowest BCUT2D eigenvalue weighted by atomic mass is 10.0. The zero-order valence-corrected chi connectivity index (χ0v) is 19.1. The minimum absolute atomic E-state index is 0. The number of nitrogens with zero attached hydrogens (tertiary/aromatic N) is 3. The molecule has 0 aliphatic carbocycles. The van der Waals surface area contributed by atoms with E-state index in [4.69, 9.17) is 4.98 Å². The molecule has 1 fully saturated rings. The molecule has 1 saturated heterocycles. The van der Waals surface area contributed by atoms with E-state index in [1.165, 1.54) is 5.56 Å². The molecule has 0 radical (unpaired) electrons. The third-order valence-electron chi connectivity index (χ3n) is 5.28. The van der Waals surface area contributed by atoms with Gasteiger partial charge in [0.15, 0.2) is 5.65 Å². The average molecular weight is 450 g/mol. The van der Waals surface area contributed by atoms with Crippen LogP contribution in [0.1, 0.15) is 48.7 Å². The number of benzene rings is 1. The van der Waals surface area contributed by atoms with E-state index in [0.717, 1.165) is 48.2 Å². The molecule has 3 heterocycles. The van der Waals surface area contributed by atoms with E-state index in [1.807, 2.05) is 22.9 Å². The van der Waals surface area contributed by atoms with Gasteiger partial charge in [-0.1, -0.05) is 29.8 Å². The highest BCUT2D eigenvalue weighted by molar-refractivity contribution is 6.06. The van der Waals surface area contributed by atoms with E-state index in [0.29, 0.717) is 5.56 Å². The van der Waals surface area contributed by atoms with E-state index >= 15 is 0 Å². The Morgan fingerprint density at radius 2 is 1.97 bits per heavy atom. The highest BCUT2D eigenvalue weighted by atomic mass is 35.5. The van der Waals surface area contributed by atoms with Gasteiger partial charge in [0.25, 0.3) is 5.91 Å². The molecule has 1 aliphatic heterocycles. The molecule has 3 aromatic rings. The first-order valence-electron chi connectivity index (χ1n) is 10.00. The number of piperidine rings is 1. The standard InChI is InChI=1S/C22H27N5O.2ClH/c1-14(2)27-21-19(13-24-27)18(22(28)25-17-5-4-10-23-12-17)11-20(26-21)16-8-6-15(3)7-9-16;;/h6-9,11,13-14,17,23H,4-5,10,12H2,1-3H3,(H,25,28);2*1H/t17-;;/m0../s1. The number of fused-ring (bicyclic) bond motifs is 1. The largest absolute Gasteiger partial charge is 0.348 e. The molecule has 6 nitrogen and oxygen atoms in total. The van der Waals surface area contributed by atoms with Crippen LogP contribution in [-0.4, -0.2) is 39.8 Å². The number of amides is 1. The predicted molar refractivity (Wildman–Crippen MR) is 126 cm³/mol. The van der Waals surface area contributed by atoms with Crippen LogP contribution in [0.2, 0.25) is 0 Å². The van der Waals surface area contributed by atoms with Gasteiger partial charge in [-0.25, -0.2) is 9.67 Å². The number of aryl methyl sites for hydroxylation is 1. The Labute approximate surface area is 189 Å². The first-order valence-corrected chi connectivity index (χ1v) is 10.00. The van der Waals surface area contributed by atoms with Crippen LogP contribution in [0.4, 0.5) is 0 Å². The van der Waals surface area contributed by atoms with E-state index in [9.17, 15) is 4.79 Å². The Kier molecular flexibility index (Phi) is 8.24. The zero-order chi connectivity index (χ0) is 19.7. The van der Waals surface area contributed by atoms with Gasteiger partial charge in [0.2, 0.25) is 0 Å². The molecule has 8 heteroatoms. The second-order valence-electron chi connectivity index (χ2n) is 7.86. The summed E-state index contributed by atoms with van der Waals surface area (Å²) in [6, 6.07) is 10.4. The van der Waals surface area contributed by atoms with Gasteiger partial charge in [-0.05, 0) is 46.2 Å². The molecule has 1 aliphatic rings. The Bertz CT molecular complexity index is 995. The quantitative estimate of drug-likeness (QED) is 0.622. The number of aromatic nitrogens is 3. The Morgan fingerprint density at radius 1 is 1.23 bits per heavy atom. The Morgan fingerprint density at radius 3 is 2.60 bits per heavy atom. The second kappa shape index (κ2) is 10.2. The number of rotatable bonds is 4. The van der Waals surface area contributed by atoms with Crippen LogP contribution in [0, 0.1) is 6.92 Å². The van der Waals surface area contributed by atoms with Gasteiger partial charge in [-0.2, -0.15) is 5.10 Å². The summed E-state index contributed by atoms with van der Waals surface area (Å²) in [5.74, 6) is -0.0576. The minimum Gasteiger partial charge on any atom is -0.348 e. The molecule has 1 atom stereocenters. The van der Waals surface area contributed by atoms with E-state index in [2.05, 4.69) is 48.6 Å². The van der Waals surface area contributed by atoms with Gasteiger partial charge >= 0.3 is 0 Å². The fourth-order valence-corrected chi connectivity index (χ4v) is 3.69. The van der Waals surface area contributed by atoms with Crippen LogP contribution in [0.3, 0.4) is 0 Å². The van der Waals surface area contributed by atoms with Crippen molar-refractivity contribution in [2.45, 2.75) is 45.7 Å². The van der Waals surface area contributed by atoms with Crippen LogP contribution < -0.4 is 10.6 Å². The number of nitrogens with one attached hydrogen (secondary N) is 2. The van der Waals surface area contributed by atoms with Crippen LogP contribution in [0.15, 0.2) is 36.5 Å². The maximum absolute atomic E-state index is 13.1. The van der Waals surface area contributed by atoms with Crippen molar-refractivity contribution in [3.8, 4) is 11.3 Å². The highest BCUT2D eigenvalue weighted by Gasteiger charge is 2.21. The third kappa shape index (κ3) is 4.94. The molecule has 2 aromatic heterocycles. The number of hydrogen-bond acceptors (Lipinski definition) is 4. The molecular formula is C22H29Cl2N5O. The summed E-state index contributed by atoms with van der Waals surface area (Å²) in [6.45, 7) is 8.03. The molecule has 1 amide bonds. The van der Waals surface area contributed by atoms with Crippen molar-refractivity contribution in [2.24, 2.45) is 0 Å². The molecule has 30 heavy (non-hydrogen) atoms. The van der Waals surface area contributed by atoms with Gasteiger partial charge in [-0.3, -0.25) is 4.79 Å². The molecule has 0 saturated carbocycles. The van der Waals surface area contributed by atoms with E-state index in [1.54, 1.807) is 6.20 Å². The summed E-state index contributed by atoms with van der Waals surface area (Å²) >= 11 is 0. The summed E-state index contributed by atoms with van der Waals surface area (Å²) in [7, 11) is 0. The first kappa shape index (κ1) is 24.1. The van der Waals surface area contributed by atoms with E-state index < -0.39 is 0 Å². The molecule has 1 aromatic carbocycles. The molecule has 162 valence electrons. The monoisotopic (exact) mass is 449 g/mol. The summed E-state index contributed by atoms with van der Waals surface area (Å²) in [4.78, 5) is 18.0. The molecule has 0 unspecified atom stereocenters. The van der Waals surface area contributed by atoms with Gasteiger partial charge < -0.3 is 10.6 Å². The number of halogens is 2. The van der Waals surface area contributed by atoms with Gasteiger partial charge in [0, 0.05) is 24.2 Å². The Hall–Kier alpha value is -2.15. The van der Waals surface area contributed by atoms with Gasteiger partial charge in [-0.15, -0.1) is 24.8 Å². The molecule has 4 rings (SSSR count). The number of carbonyl (C=O) groups is 1. The second-order valence-corrected chi connectivity index (χ2v) is 7.86. The van der Waals surface area contributed by atoms with Crippen LogP contribution in [0.5, 0.6) is 0 Å². The van der Waals surface area contributed by atoms with Crippen molar-refractivity contribution in [1.82, 2.24) is 25.4 Å². The lowest BCUT2D eigenvalue weighted by Gasteiger charge is -2.24. The van der Waals surface area contributed by atoms with Crippen molar-refractivity contribution in [2.75, 3.05) is 13.1 Å². The number of carbonyl (C=O) groups excluding carboxylic acids is 1. The molecule has 0 bridgehead atoms. The summed E-state index contributed by atoms with van der Waals surface area (Å²) < 4.78 is 1.88. The van der Waals surface area contributed by atoms with Crippen molar-refractivity contribution >= 4 is 41.8 Å². The lowest BCUT2D eigenvalue weighted by molar-refractivity contribution is 0.0932. The number of pyridine rings is 1. The van der Waals surface area contributed by atoms with Gasteiger partial charge in [0.1, 0.15) is 0 Å². The van der Waals surface area contributed by atoms with E-state index in [-0.39, 0.29) is 42.8 Å². The summed E-state index contributed by atoms with van der Waals surface area (Å²) in [6.07, 6.45) is 3.84. The maximum Gasteiger partial charge on any atom is 0.252 e. The van der Waals surface area contributed by atoms with Gasteiger partial charge in [0.05, 0.1) is 22.8 Å². The van der Waals surface area contributed by atoms with Crippen molar-refractivity contribution in [3.63, 3.8) is 0 Å². The molecular weight excluding hydrogens is 421 g/mol. The fraction of sp³-hybridized carbons (Fsp3) is 0.409. The summed E-state index contributed by atoms with van der Waals surface area (Å²) in [5, 5.41) is 11.8. The predicted octanol–water partition coefficient (Wildman–Crippen LogP) is 4.31. The molecule has 0 spiro atoms. The smallest absolute Gasteiger partial charge is 0.252 e. The third-order valence-corrected chi connectivity index (χ3v) is 5.28. The SMILES string of the molecule is Cc1ccc(-c2cc(C(=O)N[C@H]3CCCNC3)c3cnn(C(C)C)c3n2)cc1.Cl.Cl. The molecule has 2 N–H and O–H groups in total. The van der Waals surface area contributed by atoms with Crippen molar-refractivity contribution in [1.29, 1.82) is 0 Å². The first-order chi connectivity index (χ1) is 13.5. The Balaban J connectivity index is 0.00000160. The number of hydrogen-bond donors (Lipinski definition) is 2. The normalized spacial score (nSPS) is 16.1. The maximum atomic E-state index is 13.1. The van der Waals surface area contributed by atoms with Crippen molar-refractivity contribution < 1.29 is 4.79 Å². The lowest BCUT2D eigenvalue weighted by Crippen LogP contribution is -2.45. The van der Waals surface area contributed by atoms with Crippen molar-refractivity contribution in [3.05, 3.63) is 47.7 Å². The highest BCUT2D eigenvalue weighted by Crippen LogP contribution is 2.27. The summed E-state index contributed by atoms with van der Waals surface area (Å²) in [5.41, 5.74) is 4.37. The topological polar surface area (TPSA) is 71.8 Å². The minimum atomic E-state index is -0.0576. The average Bonchev–Trinajstić information content (AvgIpc) is 3.13. The van der Waals surface area contributed by atoms with Crippen LogP contribution in [-0.2, 0) is 0 Å². The van der Waals surface area contributed by atoms with Crippen LogP contribution in [0.25, 0.3) is 22.3 Å². The van der Waals surface area contributed by atoms with Crippen LogP contribution >= 0.6 is 24.8 Å².